The molecule has 0 aromatic heterocycles. The molecule has 0 aliphatic rings. The number of carboxylic acids is 1. The van der Waals surface area contributed by atoms with Gasteiger partial charge in [-0.2, -0.15) is 0 Å². The van der Waals surface area contributed by atoms with Crippen molar-refractivity contribution in [1.82, 2.24) is 10.2 Å². The van der Waals surface area contributed by atoms with Crippen LogP contribution in [-0.4, -0.2) is 61.6 Å². The van der Waals surface area contributed by atoms with E-state index in [-0.39, 0.29) is 6.04 Å². The predicted octanol–water partition coefficient (Wildman–Crippen LogP) is -0.466. The van der Waals surface area contributed by atoms with Crippen LogP contribution in [0.1, 0.15) is 13.8 Å². The van der Waals surface area contributed by atoms with Crippen molar-refractivity contribution in [3.8, 4) is 0 Å². The molecule has 2 N–H and O–H groups in total. The van der Waals surface area contributed by atoms with Crippen LogP contribution in [0.25, 0.3) is 0 Å². The number of nitrogens with zero attached hydrogens (tertiary/aromatic N) is 1. The Morgan fingerprint density at radius 3 is 2.12 bits per heavy atom. The molecule has 0 rings (SSSR count). The number of nitrogens with one attached hydrogen (secondary N) is 1. The SMILES string of the molecule is CC(C)NC(=O)N(C)C(CS(C)(=O)=O)C(=O)O. The maximum Gasteiger partial charge on any atom is 0.327 e. The normalized spacial score (nSPS) is 13.2. The summed E-state index contributed by atoms with van der Waals surface area (Å²) in [6.07, 6.45) is 0.928. The summed E-state index contributed by atoms with van der Waals surface area (Å²) in [5, 5.41) is 11.4. The van der Waals surface area contributed by atoms with E-state index in [1.807, 2.05) is 0 Å². The summed E-state index contributed by atoms with van der Waals surface area (Å²) in [6, 6.07) is -2.16. The van der Waals surface area contributed by atoms with Gasteiger partial charge in [0, 0.05) is 19.3 Å². The first-order valence-corrected chi connectivity index (χ1v) is 7.04. The molecule has 2 amide bonds. The fourth-order valence-corrected chi connectivity index (χ4v) is 2.07. The van der Waals surface area contributed by atoms with E-state index in [1.54, 1.807) is 13.8 Å². The Morgan fingerprint density at radius 1 is 1.35 bits per heavy atom. The number of aliphatic carboxylic acids is 1. The fourth-order valence-electron chi connectivity index (χ4n) is 1.13. The Hall–Kier alpha value is -1.31. The van der Waals surface area contributed by atoms with Crippen LogP contribution in [0.15, 0.2) is 0 Å². The van der Waals surface area contributed by atoms with Crippen molar-refractivity contribution in [1.29, 1.82) is 0 Å². The van der Waals surface area contributed by atoms with Crippen molar-refractivity contribution in [2.45, 2.75) is 25.9 Å². The average Bonchev–Trinajstić information content (AvgIpc) is 2.10. The van der Waals surface area contributed by atoms with Crippen LogP contribution >= 0.6 is 0 Å². The van der Waals surface area contributed by atoms with Crippen LogP contribution in [0.4, 0.5) is 4.79 Å². The van der Waals surface area contributed by atoms with E-state index >= 15 is 0 Å². The first kappa shape index (κ1) is 15.7. The van der Waals surface area contributed by atoms with E-state index in [9.17, 15) is 18.0 Å². The number of carbonyl (C=O) groups is 2. The fraction of sp³-hybridized carbons (Fsp3) is 0.778. The lowest BCUT2D eigenvalue weighted by Crippen LogP contribution is -2.51. The standard InChI is InChI=1S/C9H18N2O5S/c1-6(2)10-9(14)11(3)7(8(12)13)5-17(4,15)16/h6-7H,5H2,1-4H3,(H,10,14)(H,12,13). The van der Waals surface area contributed by atoms with Crippen molar-refractivity contribution < 1.29 is 23.1 Å². The summed E-state index contributed by atoms with van der Waals surface area (Å²) in [7, 11) is -2.23. The van der Waals surface area contributed by atoms with Crippen molar-refractivity contribution in [3.63, 3.8) is 0 Å². The molecule has 0 aromatic carbocycles. The molecule has 0 heterocycles. The first-order chi connectivity index (χ1) is 7.54. The second-order valence-corrected chi connectivity index (χ2v) is 6.35. The van der Waals surface area contributed by atoms with Gasteiger partial charge in [-0.3, -0.25) is 0 Å². The summed E-state index contributed by atoms with van der Waals surface area (Å²) in [5.41, 5.74) is 0. The molecule has 0 spiro atoms. The number of hydrogen-bond donors (Lipinski definition) is 2. The van der Waals surface area contributed by atoms with Crippen LogP contribution in [0, 0.1) is 0 Å². The van der Waals surface area contributed by atoms with Crippen molar-refractivity contribution in [2.75, 3.05) is 19.1 Å². The highest BCUT2D eigenvalue weighted by atomic mass is 32.2. The van der Waals surface area contributed by atoms with Crippen LogP contribution in [0.5, 0.6) is 0 Å². The Morgan fingerprint density at radius 2 is 1.82 bits per heavy atom. The van der Waals surface area contributed by atoms with Crippen molar-refractivity contribution in [3.05, 3.63) is 0 Å². The van der Waals surface area contributed by atoms with E-state index in [0.29, 0.717) is 0 Å². The molecule has 7 nitrogen and oxygen atoms in total. The van der Waals surface area contributed by atoms with E-state index in [4.69, 9.17) is 5.11 Å². The Bertz CT molecular complexity index is 390. The molecule has 0 aliphatic heterocycles. The molecule has 1 atom stereocenters. The smallest absolute Gasteiger partial charge is 0.327 e. The number of carboxylic acid groups (broad SMARTS) is 1. The van der Waals surface area contributed by atoms with Gasteiger partial charge >= 0.3 is 12.0 Å². The van der Waals surface area contributed by atoms with Crippen LogP contribution in [-0.2, 0) is 14.6 Å². The number of sulfone groups is 1. The average molecular weight is 266 g/mol. The molecule has 0 fully saturated rings. The molecule has 17 heavy (non-hydrogen) atoms. The van der Waals surface area contributed by atoms with E-state index in [1.165, 1.54) is 7.05 Å². The second-order valence-electron chi connectivity index (χ2n) is 4.16. The van der Waals surface area contributed by atoms with Gasteiger partial charge in [-0.05, 0) is 13.8 Å². The minimum Gasteiger partial charge on any atom is -0.480 e. The molecule has 8 heteroatoms. The first-order valence-electron chi connectivity index (χ1n) is 4.98. The Kier molecular flexibility index (Phi) is 5.40. The molecule has 0 saturated carbocycles. The predicted molar refractivity (Wildman–Crippen MR) is 62.6 cm³/mol. The van der Waals surface area contributed by atoms with Gasteiger partial charge in [-0.15, -0.1) is 0 Å². The summed E-state index contributed by atoms with van der Waals surface area (Å²) in [5.74, 6) is -1.96. The van der Waals surface area contributed by atoms with E-state index < -0.39 is 33.6 Å². The number of carbonyl (C=O) groups excluding carboxylic acids is 1. The van der Waals surface area contributed by atoms with Gasteiger partial charge in [0.25, 0.3) is 0 Å². The summed E-state index contributed by atoms with van der Waals surface area (Å²) in [6.45, 7) is 3.44. The molecule has 0 aromatic rings. The largest absolute Gasteiger partial charge is 0.480 e. The number of hydrogen-bond acceptors (Lipinski definition) is 4. The third-order valence-corrected chi connectivity index (χ3v) is 2.87. The minimum absolute atomic E-state index is 0.155. The Labute approximate surface area is 101 Å². The van der Waals surface area contributed by atoms with E-state index in [2.05, 4.69) is 5.32 Å². The molecule has 1 unspecified atom stereocenters. The van der Waals surface area contributed by atoms with Crippen LogP contribution in [0.2, 0.25) is 0 Å². The molecule has 0 saturated heterocycles. The molecule has 0 aliphatic carbocycles. The summed E-state index contributed by atoms with van der Waals surface area (Å²) >= 11 is 0. The monoisotopic (exact) mass is 266 g/mol. The summed E-state index contributed by atoms with van der Waals surface area (Å²) < 4.78 is 22.1. The lowest BCUT2D eigenvalue weighted by atomic mass is 10.3. The van der Waals surface area contributed by atoms with Crippen molar-refractivity contribution >= 4 is 21.8 Å². The molecule has 100 valence electrons. The number of amides is 2. The molecule has 0 radical (unpaired) electrons. The zero-order valence-corrected chi connectivity index (χ0v) is 11.1. The van der Waals surface area contributed by atoms with Gasteiger partial charge in [0.05, 0.1) is 5.75 Å². The van der Waals surface area contributed by atoms with Crippen molar-refractivity contribution in [2.24, 2.45) is 0 Å². The molecule has 0 bridgehead atoms. The second kappa shape index (κ2) is 5.85. The maximum atomic E-state index is 11.5. The van der Waals surface area contributed by atoms with E-state index in [0.717, 1.165) is 11.2 Å². The topological polar surface area (TPSA) is 104 Å². The molecular formula is C9H18N2O5S. The third-order valence-electron chi connectivity index (χ3n) is 1.95. The highest BCUT2D eigenvalue weighted by Gasteiger charge is 2.30. The Balaban J connectivity index is 4.84. The van der Waals surface area contributed by atoms with Crippen LogP contribution in [0.3, 0.4) is 0 Å². The van der Waals surface area contributed by atoms with Gasteiger partial charge < -0.3 is 15.3 Å². The highest BCUT2D eigenvalue weighted by molar-refractivity contribution is 7.90. The number of urea groups is 1. The zero-order valence-electron chi connectivity index (χ0n) is 10.3. The highest BCUT2D eigenvalue weighted by Crippen LogP contribution is 2.02. The maximum absolute atomic E-state index is 11.5. The summed E-state index contributed by atoms with van der Waals surface area (Å²) in [4.78, 5) is 23.3. The minimum atomic E-state index is -3.48. The third kappa shape index (κ3) is 6.10. The van der Waals surface area contributed by atoms with Gasteiger partial charge in [0.15, 0.2) is 0 Å². The van der Waals surface area contributed by atoms with Crippen LogP contribution < -0.4 is 5.32 Å². The van der Waals surface area contributed by atoms with Gasteiger partial charge in [-0.1, -0.05) is 0 Å². The zero-order chi connectivity index (χ0) is 13.8. The lowest BCUT2D eigenvalue weighted by molar-refractivity contribution is -0.141. The molecular weight excluding hydrogens is 248 g/mol. The lowest BCUT2D eigenvalue weighted by Gasteiger charge is -2.25. The quantitative estimate of drug-likeness (QED) is 0.700. The van der Waals surface area contributed by atoms with Gasteiger partial charge in [0.2, 0.25) is 0 Å². The van der Waals surface area contributed by atoms with Gasteiger partial charge in [0.1, 0.15) is 15.9 Å². The van der Waals surface area contributed by atoms with Gasteiger partial charge in [-0.25, -0.2) is 18.0 Å². The number of rotatable bonds is 5. The number of likely N-dealkylation sites (N-methyl/N-ethyl adjacent to an activating group) is 1.